The van der Waals surface area contributed by atoms with Crippen molar-refractivity contribution in [2.45, 2.75) is 53.0 Å². The number of hydrogen-bond acceptors (Lipinski definition) is 4. The lowest BCUT2D eigenvalue weighted by Gasteiger charge is -2.37. The molecule has 8 heteroatoms. The van der Waals surface area contributed by atoms with Crippen LogP contribution in [0.15, 0.2) is 4.99 Å². The Kier molecular flexibility index (Phi) is 8.13. The summed E-state index contributed by atoms with van der Waals surface area (Å²) < 4.78 is 1.92. The zero-order valence-corrected chi connectivity index (χ0v) is 19.3. The number of carbonyl (C=O) groups is 1. The molecule has 0 spiro atoms. The fourth-order valence-corrected chi connectivity index (χ4v) is 4.36. The molecule has 0 radical (unpaired) electrons. The van der Waals surface area contributed by atoms with Crippen LogP contribution in [-0.2, 0) is 18.4 Å². The summed E-state index contributed by atoms with van der Waals surface area (Å²) in [7, 11) is 1.98. The molecule has 0 atom stereocenters. The summed E-state index contributed by atoms with van der Waals surface area (Å²) in [6, 6.07) is 0. The second-order valence-electron chi connectivity index (χ2n) is 8.50. The van der Waals surface area contributed by atoms with E-state index in [0.29, 0.717) is 19.0 Å². The Morgan fingerprint density at radius 1 is 1.00 bits per heavy atom. The molecule has 1 aromatic heterocycles. The van der Waals surface area contributed by atoms with Gasteiger partial charge in [-0.15, -0.1) is 0 Å². The quantitative estimate of drug-likeness (QED) is 0.581. The maximum absolute atomic E-state index is 12.7. The van der Waals surface area contributed by atoms with Gasteiger partial charge < -0.3 is 15.1 Å². The number of likely N-dealkylation sites (tertiary alicyclic amines) is 1. The summed E-state index contributed by atoms with van der Waals surface area (Å²) >= 11 is 0. The number of hydrogen-bond donors (Lipinski definition) is 1. The van der Waals surface area contributed by atoms with Crippen LogP contribution in [0.25, 0.3) is 0 Å². The fourth-order valence-electron chi connectivity index (χ4n) is 4.36. The van der Waals surface area contributed by atoms with Crippen LogP contribution in [0.3, 0.4) is 0 Å². The third kappa shape index (κ3) is 5.74. The Labute approximate surface area is 181 Å². The third-order valence-corrected chi connectivity index (χ3v) is 6.37. The van der Waals surface area contributed by atoms with Gasteiger partial charge in [0.05, 0.1) is 18.8 Å². The summed E-state index contributed by atoms with van der Waals surface area (Å²) in [4.78, 5) is 24.3. The molecule has 2 saturated heterocycles. The van der Waals surface area contributed by atoms with Crippen LogP contribution in [0.4, 0.5) is 0 Å². The number of aliphatic imine (C=N–C) groups is 1. The van der Waals surface area contributed by atoms with E-state index in [2.05, 4.69) is 39.0 Å². The van der Waals surface area contributed by atoms with Crippen LogP contribution in [-0.4, -0.2) is 88.7 Å². The van der Waals surface area contributed by atoms with Crippen LogP contribution in [0, 0.1) is 13.8 Å². The highest BCUT2D eigenvalue weighted by Gasteiger charge is 2.24. The number of amides is 1. The van der Waals surface area contributed by atoms with Gasteiger partial charge in [0.25, 0.3) is 0 Å². The summed E-state index contributed by atoms with van der Waals surface area (Å²) in [6.45, 7) is 13.7. The standard InChI is InChI=1S/C22H39N7O/c1-5-23-22(24-16-20-18(2)25-26(4)19(20)3)29-14-12-27(13-15-29)17-21(30)28-10-8-6-7-9-11-28/h5-17H2,1-4H3,(H,23,24). The van der Waals surface area contributed by atoms with E-state index in [1.54, 1.807) is 0 Å². The van der Waals surface area contributed by atoms with Gasteiger partial charge in [0.15, 0.2) is 5.96 Å². The first-order valence-corrected chi connectivity index (χ1v) is 11.5. The highest BCUT2D eigenvalue weighted by Crippen LogP contribution is 2.14. The molecule has 8 nitrogen and oxygen atoms in total. The zero-order chi connectivity index (χ0) is 21.5. The first kappa shape index (κ1) is 22.6. The second kappa shape index (κ2) is 10.8. The van der Waals surface area contributed by atoms with Crippen LogP contribution >= 0.6 is 0 Å². The molecule has 0 saturated carbocycles. The maximum Gasteiger partial charge on any atom is 0.236 e. The van der Waals surface area contributed by atoms with Gasteiger partial charge in [-0.2, -0.15) is 5.10 Å². The molecular weight excluding hydrogens is 378 g/mol. The molecule has 30 heavy (non-hydrogen) atoms. The zero-order valence-electron chi connectivity index (χ0n) is 19.3. The number of aryl methyl sites for hydroxylation is 2. The molecule has 1 N–H and O–H groups in total. The van der Waals surface area contributed by atoms with Crippen molar-refractivity contribution in [2.75, 3.05) is 52.4 Å². The average molecular weight is 418 g/mol. The first-order chi connectivity index (χ1) is 14.5. The lowest BCUT2D eigenvalue weighted by atomic mass is 10.2. The number of aromatic nitrogens is 2. The van der Waals surface area contributed by atoms with Crippen LogP contribution < -0.4 is 5.32 Å². The van der Waals surface area contributed by atoms with Crippen molar-refractivity contribution in [1.82, 2.24) is 29.8 Å². The van der Waals surface area contributed by atoms with Crippen molar-refractivity contribution in [3.63, 3.8) is 0 Å². The highest BCUT2D eigenvalue weighted by molar-refractivity contribution is 5.80. The Balaban J connectivity index is 1.53. The first-order valence-electron chi connectivity index (χ1n) is 11.5. The van der Waals surface area contributed by atoms with Gasteiger partial charge in [0.2, 0.25) is 5.91 Å². The minimum Gasteiger partial charge on any atom is -0.357 e. The highest BCUT2D eigenvalue weighted by atomic mass is 16.2. The largest absolute Gasteiger partial charge is 0.357 e. The molecule has 2 aliphatic rings. The second-order valence-corrected chi connectivity index (χ2v) is 8.50. The van der Waals surface area contributed by atoms with Gasteiger partial charge >= 0.3 is 0 Å². The van der Waals surface area contributed by atoms with Crippen molar-refractivity contribution in [3.05, 3.63) is 17.0 Å². The van der Waals surface area contributed by atoms with E-state index in [1.165, 1.54) is 24.1 Å². The molecule has 1 aromatic rings. The predicted molar refractivity (Wildman–Crippen MR) is 121 cm³/mol. The Morgan fingerprint density at radius 2 is 1.67 bits per heavy atom. The van der Waals surface area contributed by atoms with Crippen molar-refractivity contribution >= 4 is 11.9 Å². The average Bonchev–Trinajstić information content (AvgIpc) is 2.93. The molecule has 0 unspecified atom stereocenters. The normalized spacial score (nSPS) is 19.1. The van der Waals surface area contributed by atoms with E-state index in [9.17, 15) is 4.79 Å². The predicted octanol–water partition coefficient (Wildman–Crippen LogP) is 1.52. The molecule has 3 heterocycles. The monoisotopic (exact) mass is 417 g/mol. The number of nitrogens with zero attached hydrogens (tertiary/aromatic N) is 6. The number of guanidine groups is 1. The molecule has 2 aliphatic heterocycles. The van der Waals surface area contributed by atoms with Crippen molar-refractivity contribution in [1.29, 1.82) is 0 Å². The number of piperazine rings is 1. The topological polar surface area (TPSA) is 69.0 Å². The molecule has 0 aliphatic carbocycles. The van der Waals surface area contributed by atoms with Crippen molar-refractivity contribution < 1.29 is 4.79 Å². The van der Waals surface area contributed by atoms with Gasteiger partial charge in [-0.1, -0.05) is 12.8 Å². The van der Waals surface area contributed by atoms with Gasteiger partial charge in [0, 0.05) is 64.1 Å². The third-order valence-electron chi connectivity index (χ3n) is 6.37. The molecule has 0 aromatic carbocycles. The smallest absolute Gasteiger partial charge is 0.236 e. The molecule has 168 valence electrons. The van der Waals surface area contributed by atoms with Crippen molar-refractivity contribution in [3.8, 4) is 0 Å². The fraction of sp³-hybridized carbons (Fsp3) is 0.773. The lowest BCUT2D eigenvalue weighted by Crippen LogP contribution is -2.54. The molecular formula is C22H39N7O. The van der Waals surface area contributed by atoms with Crippen molar-refractivity contribution in [2.24, 2.45) is 12.0 Å². The number of carbonyl (C=O) groups excluding carboxylic acids is 1. The summed E-state index contributed by atoms with van der Waals surface area (Å²) in [5, 5.41) is 7.94. The van der Waals surface area contributed by atoms with Gasteiger partial charge in [-0.25, -0.2) is 4.99 Å². The lowest BCUT2D eigenvalue weighted by molar-refractivity contribution is -0.132. The van der Waals surface area contributed by atoms with E-state index < -0.39 is 0 Å². The van der Waals surface area contributed by atoms with Gasteiger partial charge in [-0.05, 0) is 33.6 Å². The minimum absolute atomic E-state index is 0.299. The van der Waals surface area contributed by atoms with E-state index >= 15 is 0 Å². The molecule has 1 amide bonds. The van der Waals surface area contributed by atoms with E-state index in [1.807, 2.05) is 18.7 Å². The van der Waals surface area contributed by atoms with Gasteiger partial charge in [-0.3, -0.25) is 14.4 Å². The molecule has 2 fully saturated rings. The van der Waals surface area contributed by atoms with E-state index in [0.717, 1.165) is 70.3 Å². The Bertz CT molecular complexity index is 726. The van der Waals surface area contributed by atoms with Crippen LogP contribution in [0.1, 0.15) is 49.6 Å². The maximum atomic E-state index is 12.7. The van der Waals surface area contributed by atoms with Gasteiger partial charge in [0.1, 0.15) is 0 Å². The van der Waals surface area contributed by atoms with E-state index in [4.69, 9.17) is 4.99 Å². The van der Waals surface area contributed by atoms with Crippen LogP contribution in [0.2, 0.25) is 0 Å². The SMILES string of the molecule is CCNC(=NCc1c(C)nn(C)c1C)N1CCN(CC(=O)N2CCCCCC2)CC1. The van der Waals surface area contributed by atoms with E-state index in [-0.39, 0.29) is 0 Å². The number of nitrogens with one attached hydrogen (secondary N) is 1. The summed E-state index contributed by atoms with van der Waals surface area (Å²) in [5.74, 6) is 1.26. The minimum atomic E-state index is 0.299. The summed E-state index contributed by atoms with van der Waals surface area (Å²) in [6.07, 6.45) is 4.82. The molecule has 3 rings (SSSR count). The summed E-state index contributed by atoms with van der Waals surface area (Å²) in [5.41, 5.74) is 3.42. The Morgan fingerprint density at radius 3 is 2.23 bits per heavy atom. The Hall–Kier alpha value is -2.09. The van der Waals surface area contributed by atoms with Crippen LogP contribution in [0.5, 0.6) is 0 Å². The molecule has 0 bridgehead atoms. The number of rotatable bonds is 5.